The highest BCUT2D eigenvalue weighted by atomic mass is 35.5. The highest BCUT2D eigenvalue weighted by Gasteiger charge is 2.39. The molecule has 586 valence electrons. The summed E-state index contributed by atoms with van der Waals surface area (Å²) in [5.41, 5.74) is 9.98. The van der Waals surface area contributed by atoms with Gasteiger partial charge in [0, 0.05) is 165 Å². The lowest BCUT2D eigenvalue weighted by molar-refractivity contribution is -0.146. The molecule has 0 amide bonds. The minimum Gasteiger partial charge on any atom is -0.466 e. The van der Waals surface area contributed by atoms with E-state index in [9.17, 15) is 49.5 Å². The quantitative estimate of drug-likeness (QED) is 0.0150. The SMILES string of the molecule is C.C1COCCN1.CCO.CCOC(=O)CC(=O)CC1CCC(F)(F)CC1.Cc1csc(-c2nc(CC3CCC(F)(F)CC3)cc(=O)[nH]2)n1.Cc1csc(-c2nc(CC3CCC(F)(F)CC3)cc(N3CCOCC3)n2)n1.Cc1csc(-c2nc(Cl)cc(CC3CCC(F)(F)CC3)n2)n1.N=C(N)c1nccs1. The van der Waals surface area contributed by atoms with E-state index in [-0.39, 0.29) is 126 Å². The minimum atomic E-state index is -2.57. The Hall–Kier alpha value is -6.46. The van der Waals surface area contributed by atoms with Gasteiger partial charge in [-0.25, -0.2) is 80.0 Å². The summed E-state index contributed by atoms with van der Waals surface area (Å²) in [4.78, 5) is 78.8. The number of thiazole rings is 4. The van der Waals surface area contributed by atoms with Gasteiger partial charge in [-0.05, 0) is 135 Å². The molecule has 0 bridgehead atoms. The van der Waals surface area contributed by atoms with Gasteiger partial charge in [0.25, 0.3) is 5.56 Å². The molecular formula is C72H99ClF8N14O7S4. The number of ether oxygens (including phenoxy) is 3. The molecule has 0 spiro atoms. The van der Waals surface area contributed by atoms with Gasteiger partial charge >= 0.3 is 5.97 Å². The number of aryl methyl sites for hydroxylation is 3. The summed E-state index contributed by atoms with van der Waals surface area (Å²) in [5.74, 6) is -7.65. The Morgan fingerprint density at radius 3 is 1.43 bits per heavy atom. The molecule has 4 saturated carbocycles. The Kier molecular flexibility index (Phi) is 36.4. The van der Waals surface area contributed by atoms with Crippen molar-refractivity contribution in [1.82, 2.24) is 55.2 Å². The summed E-state index contributed by atoms with van der Waals surface area (Å²) in [6.07, 6.45) is 6.86. The van der Waals surface area contributed by atoms with Crippen molar-refractivity contribution in [2.45, 2.75) is 201 Å². The Balaban J connectivity index is 0.000000207. The molecule has 7 aromatic heterocycles. The van der Waals surface area contributed by atoms with E-state index >= 15 is 0 Å². The van der Waals surface area contributed by atoms with Gasteiger partial charge in [0.15, 0.2) is 43.3 Å². The van der Waals surface area contributed by atoms with E-state index in [1.54, 1.807) is 31.5 Å². The maximum absolute atomic E-state index is 13.5. The number of aliphatic hydroxyl groups is 1. The third kappa shape index (κ3) is 32.0. The van der Waals surface area contributed by atoms with Crippen molar-refractivity contribution < 1.29 is 64.0 Å². The zero-order chi connectivity index (χ0) is 76.2. The summed E-state index contributed by atoms with van der Waals surface area (Å²) < 4.78 is 121. The van der Waals surface area contributed by atoms with Gasteiger partial charge < -0.3 is 40.3 Å². The van der Waals surface area contributed by atoms with Crippen LogP contribution in [0.4, 0.5) is 40.9 Å². The Morgan fingerprint density at radius 2 is 1.05 bits per heavy atom. The van der Waals surface area contributed by atoms with Crippen molar-refractivity contribution in [3.05, 3.63) is 101 Å². The first kappa shape index (κ1) is 88.4. The van der Waals surface area contributed by atoms with E-state index in [0.29, 0.717) is 122 Å². The zero-order valence-corrected chi connectivity index (χ0v) is 63.9. The summed E-state index contributed by atoms with van der Waals surface area (Å²) >= 11 is 11.9. The number of amidine groups is 1. The van der Waals surface area contributed by atoms with Gasteiger partial charge in [-0.3, -0.25) is 19.8 Å². The van der Waals surface area contributed by atoms with Crippen LogP contribution in [0.1, 0.15) is 176 Å². The third-order valence-electron chi connectivity index (χ3n) is 17.6. The molecular weight excluding hydrogens is 1490 g/mol. The predicted molar refractivity (Wildman–Crippen MR) is 400 cm³/mol. The highest BCUT2D eigenvalue weighted by Crippen LogP contribution is 2.41. The molecule has 2 saturated heterocycles. The van der Waals surface area contributed by atoms with Crippen LogP contribution in [-0.2, 0) is 43.1 Å². The van der Waals surface area contributed by atoms with Gasteiger partial charge in [-0.15, -0.1) is 45.3 Å². The van der Waals surface area contributed by atoms with Crippen LogP contribution in [0.3, 0.4) is 0 Å². The predicted octanol–water partition coefficient (Wildman–Crippen LogP) is 16.0. The van der Waals surface area contributed by atoms with E-state index < -0.39 is 29.7 Å². The number of halogens is 9. The van der Waals surface area contributed by atoms with Crippen LogP contribution in [0.25, 0.3) is 32.5 Å². The van der Waals surface area contributed by atoms with Gasteiger partial charge in [0.05, 0.1) is 33.0 Å². The van der Waals surface area contributed by atoms with E-state index in [0.717, 1.165) is 83.7 Å². The number of nitrogens with zero attached hydrogens (tertiary/aromatic N) is 10. The summed E-state index contributed by atoms with van der Waals surface area (Å²) in [6.45, 7) is 16.4. The number of rotatable bonds is 16. The van der Waals surface area contributed by atoms with E-state index in [2.05, 4.69) is 54.8 Å². The first-order valence-corrected chi connectivity index (χ1v) is 39.3. The number of esters is 1. The fraction of sp³-hybridized carbons (Fsp3) is 0.625. The van der Waals surface area contributed by atoms with Crippen molar-refractivity contribution in [2.24, 2.45) is 29.4 Å². The second-order valence-electron chi connectivity index (χ2n) is 26.6. The molecule has 6 aliphatic rings. The number of aliphatic hydroxyl groups excluding tert-OH is 1. The van der Waals surface area contributed by atoms with Gasteiger partial charge in [-0.1, -0.05) is 19.0 Å². The van der Waals surface area contributed by atoms with Crippen molar-refractivity contribution in [2.75, 3.05) is 70.7 Å². The summed E-state index contributed by atoms with van der Waals surface area (Å²) in [6, 6.07) is 5.19. The number of aromatic amines is 1. The Bertz CT molecular complexity index is 3810. The number of hydrogen-bond acceptors (Lipinski definition) is 23. The molecule has 2 aliphatic heterocycles. The summed E-state index contributed by atoms with van der Waals surface area (Å²) in [7, 11) is 0. The lowest BCUT2D eigenvalue weighted by atomic mass is 9.83. The molecule has 6 fully saturated rings. The number of Topliss-reactive ketones (excluding diaryl/α,β-unsaturated/α-hetero) is 1. The number of H-pyrrole nitrogens is 1. The number of hydrogen-bond donors (Lipinski definition) is 5. The van der Waals surface area contributed by atoms with Gasteiger partial charge in [-0.2, -0.15) is 0 Å². The standard InChI is InChI=1S/C19H24F2N4OS.C15H16ClF2N3S.C15H17F2N3OS.C12H18F2O3.C4H5N3S.C4H9NO.C2H6O.CH4/c1-13-12-27-18(22-13)17-23-15(10-14-2-4-19(20,21)5-3-14)11-16(24-17)25-6-8-26-9-7-25;1-9-8-22-14(19-9)13-20-11(7-12(16)21-13)6-10-2-4-15(17,18)5-3-10;1-9-8-22-14(18-9)13-19-11(7-12(21)20-13)6-10-2-4-15(16,17)5-3-10;1-2-17-11(16)8-10(15)7-9-3-5-12(13,14)6-4-9;5-3(6)4-7-1-2-8-4;1-3-6-4-2-5-1;1-2-3;/h11-12,14H,2-10H2,1H3;7-8,10H,2-6H2,1H3;7-8,10H,2-6H2,1H3,(H,19,20,21);9H,2-8H2,1H3;1-2H,(H3,5,6);5H,1-4H2;3H,2H2,1H3;1H4. The maximum atomic E-state index is 13.5. The number of nitrogens with one attached hydrogen (secondary N) is 3. The Labute approximate surface area is 635 Å². The topological polar surface area (TPSA) is 296 Å². The number of nitrogen functional groups attached to an aromatic ring is 1. The fourth-order valence-corrected chi connectivity index (χ4v) is 15.0. The van der Waals surface area contributed by atoms with Crippen molar-refractivity contribution in [3.63, 3.8) is 0 Å². The lowest BCUT2D eigenvalue weighted by Gasteiger charge is -2.29. The van der Waals surface area contributed by atoms with Crippen LogP contribution >= 0.6 is 56.9 Å². The van der Waals surface area contributed by atoms with Crippen LogP contribution in [0.15, 0.2) is 50.7 Å². The first-order chi connectivity index (χ1) is 49.9. The number of ketones is 1. The monoisotopic (exact) mass is 1590 g/mol. The van der Waals surface area contributed by atoms with Crippen LogP contribution in [0.5, 0.6) is 0 Å². The molecule has 21 nitrogen and oxygen atoms in total. The lowest BCUT2D eigenvalue weighted by Crippen LogP contribution is -2.37. The highest BCUT2D eigenvalue weighted by molar-refractivity contribution is 7.13. The van der Waals surface area contributed by atoms with Crippen LogP contribution in [0.2, 0.25) is 5.15 Å². The average molecular weight is 1590 g/mol. The zero-order valence-electron chi connectivity index (χ0n) is 59.8. The number of alkyl halides is 8. The third-order valence-corrected chi connectivity index (χ3v) is 21.5. The number of aromatic nitrogens is 10. The van der Waals surface area contributed by atoms with Gasteiger partial charge in [0.1, 0.15) is 23.2 Å². The van der Waals surface area contributed by atoms with Crippen LogP contribution < -0.4 is 21.5 Å². The molecule has 6 N–H and O–H groups in total. The molecule has 0 atom stereocenters. The average Bonchev–Trinajstić information content (AvgIpc) is 1.42. The van der Waals surface area contributed by atoms with Crippen molar-refractivity contribution in [3.8, 4) is 32.5 Å². The fourth-order valence-electron chi connectivity index (χ4n) is 12.1. The number of carbonyl (C=O) groups excluding carboxylic acids is 2. The molecule has 0 radical (unpaired) electrons. The Morgan fingerprint density at radius 1 is 0.623 bits per heavy atom. The van der Waals surface area contributed by atoms with Gasteiger partial charge in [0.2, 0.25) is 23.7 Å². The smallest absolute Gasteiger partial charge is 0.313 e. The van der Waals surface area contributed by atoms with Crippen LogP contribution in [-0.4, -0.2) is 162 Å². The van der Waals surface area contributed by atoms with Crippen molar-refractivity contribution in [1.29, 1.82) is 5.41 Å². The largest absolute Gasteiger partial charge is 0.466 e. The molecule has 34 heteroatoms. The number of anilines is 1. The second-order valence-corrected chi connectivity index (χ2v) is 30.4. The molecule has 7 aromatic rings. The number of morpholine rings is 2. The number of carbonyl (C=O) groups is 2. The molecule has 4 aliphatic carbocycles. The van der Waals surface area contributed by atoms with E-state index in [1.165, 1.54) is 51.4 Å². The minimum absolute atomic E-state index is 0. The van der Waals surface area contributed by atoms with Crippen LogP contribution in [0, 0.1) is 49.9 Å². The molecule has 9 heterocycles. The van der Waals surface area contributed by atoms with E-state index in [1.807, 2.05) is 43.0 Å². The second kappa shape index (κ2) is 43.7. The molecule has 106 heavy (non-hydrogen) atoms. The molecule has 13 rings (SSSR count). The first-order valence-electron chi connectivity index (χ1n) is 35.4. The normalized spacial score (nSPS) is 18.4. The molecule has 0 aromatic carbocycles. The number of nitrogens with two attached hydrogens (primary N) is 1. The van der Waals surface area contributed by atoms with E-state index in [4.69, 9.17) is 47.3 Å². The maximum Gasteiger partial charge on any atom is 0.313 e. The van der Waals surface area contributed by atoms with Crippen molar-refractivity contribution >= 4 is 80.4 Å². The molecule has 0 unspecified atom stereocenters. The summed E-state index contributed by atoms with van der Waals surface area (Å²) in [5, 5.41) is 28.4.